The van der Waals surface area contributed by atoms with E-state index < -0.39 is 0 Å². The van der Waals surface area contributed by atoms with Gasteiger partial charge in [-0.15, -0.1) is 0 Å². The van der Waals surface area contributed by atoms with Crippen molar-refractivity contribution in [3.63, 3.8) is 0 Å². The third-order valence-corrected chi connectivity index (χ3v) is 3.95. The first kappa shape index (κ1) is 18.6. The summed E-state index contributed by atoms with van der Waals surface area (Å²) in [6.07, 6.45) is 0. The van der Waals surface area contributed by atoms with Crippen LogP contribution < -0.4 is 10.1 Å². The molecule has 1 amide bonds. The number of nitrogens with zero attached hydrogens (tertiary/aromatic N) is 1. The molecular weight excluding hydrogens is 347 g/mol. The average molecular weight is 367 g/mol. The van der Waals surface area contributed by atoms with Crippen molar-refractivity contribution >= 4 is 29.1 Å². The molecule has 1 N–H and O–H groups in total. The largest absolute Gasteiger partial charge is 0.496 e. The van der Waals surface area contributed by atoms with Crippen molar-refractivity contribution in [3.8, 4) is 5.75 Å². The number of hydrogen-bond acceptors (Lipinski definition) is 3. The van der Waals surface area contributed by atoms with E-state index in [0.29, 0.717) is 23.1 Å². The summed E-state index contributed by atoms with van der Waals surface area (Å²) in [5.41, 5.74) is 1.91. The van der Waals surface area contributed by atoms with Gasteiger partial charge >= 0.3 is 0 Å². The highest BCUT2D eigenvalue weighted by molar-refractivity contribution is 6.30. The Hall–Kier alpha value is -1.75. The maximum absolute atomic E-state index is 12.1. The van der Waals surface area contributed by atoms with Crippen molar-refractivity contribution in [2.75, 3.05) is 20.7 Å². The first-order valence-electron chi connectivity index (χ1n) is 7.50. The van der Waals surface area contributed by atoms with Gasteiger partial charge in [-0.25, -0.2) is 0 Å². The zero-order valence-corrected chi connectivity index (χ0v) is 15.2. The van der Waals surface area contributed by atoms with E-state index in [-0.39, 0.29) is 12.5 Å². The molecule has 0 saturated heterocycles. The van der Waals surface area contributed by atoms with Gasteiger partial charge in [0.15, 0.2) is 0 Å². The van der Waals surface area contributed by atoms with Crippen LogP contribution in [0.4, 0.5) is 0 Å². The van der Waals surface area contributed by atoms with Crippen molar-refractivity contribution in [1.82, 2.24) is 10.2 Å². The molecule has 6 heteroatoms. The highest BCUT2D eigenvalue weighted by Gasteiger charge is 2.11. The molecule has 128 valence electrons. The molecule has 4 nitrogen and oxygen atoms in total. The molecule has 0 aliphatic heterocycles. The van der Waals surface area contributed by atoms with Gasteiger partial charge in [-0.05, 0) is 42.9 Å². The minimum absolute atomic E-state index is 0.0570. The van der Waals surface area contributed by atoms with Gasteiger partial charge in [0, 0.05) is 28.7 Å². The lowest BCUT2D eigenvalue weighted by atomic mass is 10.2. The van der Waals surface area contributed by atoms with Gasteiger partial charge in [0.05, 0.1) is 13.7 Å². The van der Waals surface area contributed by atoms with E-state index in [1.807, 2.05) is 42.3 Å². The van der Waals surface area contributed by atoms with E-state index in [4.69, 9.17) is 27.9 Å². The van der Waals surface area contributed by atoms with Crippen LogP contribution in [0.5, 0.6) is 5.75 Å². The number of hydrogen-bond donors (Lipinski definition) is 1. The summed E-state index contributed by atoms with van der Waals surface area (Å²) in [6.45, 7) is 1.29. The second-order valence-corrected chi connectivity index (χ2v) is 6.41. The zero-order valence-electron chi connectivity index (χ0n) is 13.7. The normalized spacial score (nSPS) is 10.7. The first-order chi connectivity index (χ1) is 11.5. The highest BCUT2D eigenvalue weighted by Crippen LogP contribution is 2.23. The van der Waals surface area contributed by atoms with E-state index in [0.717, 1.165) is 16.9 Å². The van der Waals surface area contributed by atoms with E-state index in [1.54, 1.807) is 19.2 Å². The number of nitrogens with one attached hydrogen (secondary N) is 1. The van der Waals surface area contributed by atoms with Crippen LogP contribution in [0.3, 0.4) is 0 Å². The van der Waals surface area contributed by atoms with Crippen molar-refractivity contribution in [2.24, 2.45) is 0 Å². The molecule has 0 unspecified atom stereocenters. The van der Waals surface area contributed by atoms with Crippen LogP contribution in [0.1, 0.15) is 11.1 Å². The number of likely N-dealkylation sites (N-methyl/N-ethyl adjacent to an activating group) is 1. The molecule has 0 aromatic heterocycles. The predicted octanol–water partition coefficient (Wildman–Crippen LogP) is 3.75. The maximum Gasteiger partial charge on any atom is 0.234 e. The number of rotatable bonds is 7. The molecule has 0 fully saturated rings. The van der Waals surface area contributed by atoms with E-state index in [9.17, 15) is 4.79 Å². The molecule has 0 aliphatic carbocycles. The van der Waals surface area contributed by atoms with Gasteiger partial charge in [-0.1, -0.05) is 35.3 Å². The standard InChI is InChI=1S/C18H20Cl2N2O2/c1-22(11-14-9-16(20)6-7-17(14)24-2)12-18(23)21-10-13-4-3-5-15(19)8-13/h3-9H,10-12H2,1-2H3,(H,21,23). The fourth-order valence-electron chi connectivity index (χ4n) is 2.37. The fourth-order valence-corrected chi connectivity index (χ4v) is 2.77. The Balaban J connectivity index is 1.86. The van der Waals surface area contributed by atoms with Gasteiger partial charge < -0.3 is 10.1 Å². The molecule has 0 radical (unpaired) electrons. The number of ether oxygens (including phenoxy) is 1. The predicted molar refractivity (Wildman–Crippen MR) is 97.6 cm³/mol. The van der Waals surface area contributed by atoms with Gasteiger partial charge in [-0.2, -0.15) is 0 Å². The lowest BCUT2D eigenvalue weighted by Crippen LogP contribution is -2.34. The topological polar surface area (TPSA) is 41.6 Å². The first-order valence-corrected chi connectivity index (χ1v) is 8.25. The van der Waals surface area contributed by atoms with Crippen molar-refractivity contribution in [2.45, 2.75) is 13.1 Å². The smallest absolute Gasteiger partial charge is 0.234 e. The number of methoxy groups -OCH3 is 1. The molecular formula is C18H20Cl2N2O2. The Bertz CT molecular complexity index is 707. The second kappa shape index (κ2) is 8.92. The molecule has 0 spiro atoms. The molecule has 2 aromatic rings. The summed E-state index contributed by atoms with van der Waals surface area (Å²) in [7, 11) is 3.49. The van der Waals surface area contributed by atoms with Crippen LogP contribution >= 0.6 is 23.2 Å². The van der Waals surface area contributed by atoms with E-state index >= 15 is 0 Å². The van der Waals surface area contributed by atoms with Crippen LogP contribution in [0, 0.1) is 0 Å². The number of carbonyl (C=O) groups excluding carboxylic acids is 1. The van der Waals surface area contributed by atoms with Crippen LogP contribution in [0.2, 0.25) is 10.0 Å². The molecule has 0 saturated carbocycles. The Kier molecular flexibility index (Phi) is 6.91. The van der Waals surface area contributed by atoms with Gasteiger partial charge in [0.2, 0.25) is 5.91 Å². The van der Waals surface area contributed by atoms with Crippen LogP contribution in [0.15, 0.2) is 42.5 Å². The monoisotopic (exact) mass is 366 g/mol. The molecule has 0 aliphatic rings. The molecule has 0 heterocycles. The molecule has 2 rings (SSSR count). The van der Waals surface area contributed by atoms with Gasteiger partial charge in [-0.3, -0.25) is 9.69 Å². The minimum Gasteiger partial charge on any atom is -0.496 e. The Morgan fingerprint density at radius 1 is 1.17 bits per heavy atom. The third-order valence-electron chi connectivity index (χ3n) is 3.47. The third kappa shape index (κ3) is 5.71. The Morgan fingerprint density at radius 2 is 1.92 bits per heavy atom. The number of amides is 1. The van der Waals surface area contributed by atoms with Crippen molar-refractivity contribution in [1.29, 1.82) is 0 Å². The zero-order chi connectivity index (χ0) is 17.5. The second-order valence-electron chi connectivity index (χ2n) is 5.54. The van der Waals surface area contributed by atoms with Crippen molar-refractivity contribution < 1.29 is 9.53 Å². The van der Waals surface area contributed by atoms with Crippen LogP contribution in [-0.2, 0) is 17.9 Å². The molecule has 0 bridgehead atoms. The Labute approximate surface area is 152 Å². The Morgan fingerprint density at radius 3 is 2.62 bits per heavy atom. The van der Waals surface area contributed by atoms with Gasteiger partial charge in [0.1, 0.15) is 5.75 Å². The SMILES string of the molecule is COc1ccc(Cl)cc1CN(C)CC(=O)NCc1cccc(Cl)c1. The highest BCUT2D eigenvalue weighted by atomic mass is 35.5. The summed E-state index contributed by atoms with van der Waals surface area (Å²) >= 11 is 12.0. The van der Waals surface area contributed by atoms with Crippen LogP contribution in [0.25, 0.3) is 0 Å². The number of halogens is 2. The summed E-state index contributed by atoms with van der Waals surface area (Å²) in [5, 5.41) is 4.19. The summed E-state index contributed by atoms with van der Waals surface area (Å²) < 4.78 is 5.32. The van der Waals surface area contributed by atoms with Crippen molar-refractivity contribution in [3.05, 3.63) is 63.6 Å². The van der Waals surface area contributed by atoms with E-state index in [1.165, 1.54) is 0 Å². The average Bonchev–Trinajstić information content (AvgIpc) is 2.53. The quantitative estimate of drug-likeness (QED) is 0.811. The minimum atomic E-state index is -0.0570. The lowest BCUT2D eigenvalue weighted by molar-refractivity contribution is -0.122. The lowest BCUT2D eigenvalue weighted by Gasteiger charge is -2.18. The van der Waals surface area contributed by atoms with E-state index in [2.05, 4.69) is 5.32 Å². The molecule has 24 heavy (non-hydrogen) atoms. The number of benzene rings is 2. The fraction of sp³-hybridized carbons (Fsp3) is 0.278. The number of carbonyl (C=O) groups is 1. The summed E-state index contributed by atoms with van der Waals surface area (Å²) in [5.74, 6) is 0.698. The molecule has 0 atom stereocenters. The van der Waals surface area contributed by atoms with Gasteiger partial charge in [0.25, 0.3) is 0 Å². The molecule has 2 aromatic carbocycles. The maximum atomic E-state index is 12.1. The summed E-state index contributed by atoms with van der Waals surface area (Å²) in [6, 6.07) is 12.9. The summed E-state index contributed by atoms with van der Waals surface area (Å²) in [4.78, 5) is 14.0. The van der Waals surface area contributed by atoms with Crippen LogP contribution in [-0.4, -0.2) is 31.5 Å².